The Bertz CT molecular complexity index is 707. The van der Waals surface area contributed by atoms with Crippen molar-refractivity contribution < 1.29 is 62.2 Å². The average Bonchev–Trinajstić information content (AvgIpc) is 2.52. The van der Waals surface area contributed by atoms with Crippen LogP contribution in [0.4, 0.5) is 57.1 Å². The van der Waals surface area contributed by atoms with Gasteiger partial charge in [-0.25, -0.2) is 0 Å². The van der Waals surface area contributed by atoms with Crippen molar-refractivity contribution in [3.05, 3.63) is 35.4 Å². The number of hydrogen-bond donors (Lipinski definition) is 1. The lowest BCUT2D eigenvalue weighted by Gasteiger charge is -2.40. The van der Waals surface area contributed by atoms with Crippen LogP contribution in [0.1, 0.15) is 17.2 Å². The zero-order chi connectivity index (χ0) is 22.6. The van der Waals surface area contributed by atoms with E-state index in [0.717, 1.165) is 6.07 Å². The molecule has 0 aromatic heterocycles. The number of halogens is 13. The molecule has 0 bridgehead atoms. The minimum atomic E-state index is -7.99. The summed E-state index contributed by atoms with van der Waals surface area (Å²) < 4.78 is 169. The van der Waals surface area contributed by atoms with Crippen LogP contribution >= 0.6 is 0 Å². The van der Waals surface area contributed by atoms with Crippen LogP contribution < -0.4 is 0 Å². The van der Waals surface area contributed by atoms with E-state index in [0.29, 0.717) is 12.1 Å². The van der Waals surface area contributed by atoms with E-state index < -0.39 is 47.5 Å². The zero-order valence-corrected chi connectivity index (χ0v) is 13.2. The van der Waals surface area contributed by atoms with E-state index in [1.165, 1.54) is 13.0 Å². The van der Waals surface area contributed by atoms with Crippen LogP contribution in [-0.4, -0.2) is 40.9 Å². The molecule has 14 heteroatoms. The predicted molar refractivity (Wildman–Crippen MR) is 66.9 cm³/mol. The smallest absolute Gasteiger partial charge is 0.382 e. The van der Waals surface area contributed by atoms with Crippen molar-refractivity contribution in [1.82, 2.24) is 0 Å². The van der Waals surface area contributed by atoms with Crippen molar-refractivity contribution >= 4 is 0 Å². The van der Waals surface area contributed by atoms with Crippen LogP contribution in [0.2, 0.25) is 0 Å². The Kier molecular flexibility index (Phi) is 5.78. The van der Waals surface area contributed by atoms with E-state index in [4.69, 9.17) is 0 Å². The lowest BCUT2D eigenvalue weighted by molar-refractivity contribution is -0.444. The third-order valence-electron chi connectivity index (χ3n) is 3.66. The standard InChI is InChI=1S/C14H9F13O/c1-6-3-2-4-7(5-6)8(28)9(15,16)10(17,18)11(19,20)12(21,22)13(23,24)14(25,26)27/h2-5,8,28H,1H3. The highest BCUT2D eigenvalue weighted by molar-refractivity contribution is 5.27. The number of alkyl halides is 13. The van der Waals surface area contributed by atoms with Gasteiger partial charge in [0.15, 0.2) is 0 Å². The minimum absolute atomic E-state index is 0.0105. The Morgan fingerprint density at radius 1 is 0.679 bits per heavy atom. The molecule has 0 heterocycles. The second kappa shape index (κ2) is 6.66. The SMILES string of the molecule is Cc1cccc(C(O)C(F)(F)C(F)(F)C(F)(F)C(F)(F)C(F)(F)C(F)(F)F)c1. The first-order valence-corrected chi connectivity index (χ1v) is 6.86. The van der Waals surface area contributed by atoms with Gasteiger partial charge in [-0.15, -0.1) is 0 Å². The highest BCUT2D eigenvalue weighted by Crippen LogP contribution is 2.61. The molecule has 0 saturated carbocycles. The largest absolute Gasteiger partial charge is 0.460 e. The van der Waals surface area contributed by atoms with Crippen LogP contribution in [0, 0.1) is 6.92 Å². The predicted octanol–water partition coefficient (Wildman–Crippen LogP) is 5.77. The van der Waals surface area contributed by atoms with E-state index >= 15 is 0 Å². The molecule has 1 nitrogen and oxygen atoms in total. The number of hydrogen-bond acceptors (Lipinski definition) is 1. The maximum absolute atomic E-state index is 13.8. The summed E-state index contributed by atoms with van der Waals surface area (Å²) in [7, 11) is 0. The fourth-order valence-electron chi connectivity index (χ4n) is 2.00. The van der Waals surface area contributed by atoms with E-state index in [-0.39, 0.29) is 5.56 Å². The summed E-state index contributed by atoms with van der Waals surface area (Å²) >= 11 is 0. The molecule has 1 aromatic carbocycles. The van der Waals surface area contributed by atoms with Gasteiger partial charge in [0.2, 0.25) is 0 Å². The van der Waals surface area contributed by atoms with Crippen molar-refractivity contribution in [2.75, 3.05) is 0 Å². The molecule has 0 fully saturated rings. The Balaban J connectivity index is 3.52. The number of aryl methyl sites for hydroxylation is 1. The number of rotatable bonds is 6. The highest BCUT2D eigenvalue weighted by Gasteiger charge is 2.91. The van der Waals surface area contributed by atoms with Crippen LogP contribution in [0.3, 0.4) is 0 Å². The molecule has 1 unspecified atom stereocenters. The van der Waals surface area contributed by atoms with Crippen LogP contribution in [0.15, 0.2) is 24.3 Å². The third kappa shape index (κ3) is 3.28. The molecule has 0 aliphatic heterocycles. The van der Waals surface area contributed by atoms with Crippen LogP contribution in [-0.2, 0) is 0 Å². The number of aliphatic hydroxyl groups excluding tert-OH is 1. The fraction of sp³-hybridized carbons (Fsp3) is 0.571. The summed E-state index contributed by atoms with van der Waals surface area (Å²) in [4.78, 5) is 0. The molecule has 0 radical (unpaired) electrons. The second-order valence-corrected chi connectivity index (χ2v) is 5.73. The normalized spacial score (nSPS) is 16.2. The summed E-state index contributed by atoms with van der Waals surface area (Å²) in [6.07, 6.45) is -11.4. The van der Waals surface area contributed by atoms with E-state index in [1.807, 2.05) is 0 Å². The molecule has 0 saturated heterocycles. The zero-order valence-electron chi connectivity index (χ0n) is 13.2. The van der Waals surface area contributed by atoms with Gasteiger partial charge in [0.25, 0.3) is 0 Å². The van der Waals surface area contributed by atoms with Gasteiger partial charge in [0.1, 0.15) is 6.10 Å². The van der Waals surface area contributed by atoms with Gasteiger partial charge in [0.05, 0.1) is 0 Å². The lowest BCUT2D eigenvalue weighted by Crippen LogP contribution is -2.70. The molecule has 1 aromatic rings. The van der Waals surface area contributed by atoms with Crippen LogP contribution in [0.5, 0.6) is 0 Å². The summed E-state index contributed by atoms with van der Waals surface area (Å²) in [6, 6.07) is 3.07. The highest BCUT2D eigenvalue weighted by atomic mass is 19.4. The van der Waals surface area contributed by atoms with Gasteiger partial charge in [-0.05, 0) is 12.5 Å². The quantitative estimate of drug-likeness (QED) is 0.558. The Labute approximate surface area is 147 Å². The molecule has 1 N–H and O–H groups in total. The Hall–Kier alpha value is -1.73. The molecule has 28 heavy (non-hydrogen) atoms. The molecular formula is C14H9F13O. The molecule has 0 spiro atoms. The molecule has 1 rings (SSSR count). The molecular weight excluding hydrogens is 431 g/mol. The summed E-state index contributed by atoms with van der Waals surface area (Å²) in [6.45, 7) is 1.17. The molecule has 1 atom stereocenters. The minimum Gasteiger partial charge on any atom is -0.382 e. The summed E-state index contributed by atoms with van der Waals surface area (Å²) in [5.74, 6) is -37.8. The van der Waals surface area contributed by atoms with Gasteiger partial charge < -0.3 is 5.11 Å². The van der Waals surface area contributed by atoms with Crippen molar-refractivity contribution in [3.63, 3.8) is 0 Å². The van der Waals surface area contributed by atoms with Gasteiger partial charge in [-0.2, -0.15) is 57.1 Å². The molecule has 0 aliphatic rings. The molecule has 0 amide bonds. The van der Waals surface area contributed by atoms with Gasteiger partial charge in [-0.3, -0.25) is 0 Å². The van der Waals surface area contributed by atoms with Crippen molar-refractivity contribution in [2.45, 2.75) is 48.8 Å². The maximum atomic E-state index is 13.8. The first-order valence-electron chi connectivity index (χ1n) is 6.86. The van der Waals surface area contributed by atoms with Crippen molar-refractivity contribution in [1.29, 1.82) is 0 Å². The van der Waals surface area contributed by atoms with Gasteiger partial charge in [-0.1, -0.05) is 29.8 Å². The summed E-state index contributed by atoms with van der Waals surface area (Å²) in [5.41, 5.74) is -1.19. The van der Waals surface area contributed by atoms with E-state index in [2.05, 4.69) is 0 Å². The lowest BCUT2D eigenvalue weighted by atomic mass is 9.89. The monoisotopic (exact) mass is 440 g/mol. The number of benzene rings is 1. The fourth-order valence-corrected chi connectivity index (χ4v) is 2.00. The van der Waals surface area contributed by atoms with Crippen molar-refractivity contribution in [2.24, 2.45) is 0 Å². The summed E-state index contributed by atoms with van der Waals surface area (Å²) in [5, 5.41) is 9.28. The van der Waals surface area contributed by atoms with Crippen molar-refractivity contribution in [3.8, 4) is 0 Å². The topological polar surface area (TPSA) is 20.2 Å². The average molecular weight is 440 g/mol. The van der Waals surface area contributed by atoms with E-state index in [9.17, 15) is 62.2 Å². The maximum Gasteiger partial charge on any atom is 0.460 e. The van der Waals surface area contributed by atoms with Gasteiger partial charge in [0, 0.05) is 0 Å². The van der Waals surface area contributed by atoms with Crippen LogP contribution in [0.25, 0.3) is 0 Å². The molecule has 0 aliphatic carbocycles. The first kappa shape index (κ1) is 24.3. The third-order valence-corrected chi connectivity index (χ3v) is 3.66. The first-order chi connectivity index (χ1) is 12.2. The molecule has 162 valence electrons. The second-order valence-electron chi connectivity index (χ2n) is 5.73. The Morgan fingerprint density at radius 2 is 1.11 bits per heavy atom. The van der Waals surface area contributed by atoms with E-state index in [1.54, 1.807) is 0 Å². The van der Waals surface area contributed by atoms with Gasteiger partial charge >= 0.3 is 35.8 Å². The Morgan fingerprint density at radius 3 is 1.50 bits per heavy atom. The number of aliphatic hydroxyl groups is 1.